The molecular formula is C25H19Cl2N3O4. The van der Waals surface area contributed by atoms with Crippen LogP contribution in [0.15, 0.2) is 77.7 Å². The van der Waals surface area contributed by atoms with Gasteiger partial charge in [0.2, 0.25) is 17.7 Å². The number of carbonyl (C=O) groups excluding carboxylic acids is 2. The van der Waals surface area contributed by atoms with Crippen LogP contribution in [0.3, 0.4) is 0 Å². The molecule has 0 radical (unpaired) electrons. The van der Waals surface area contributed by atoms with Gasteiger partial charge in [-0.1, -0.05) is 41.4 Å². The average Bonchev–Trinajstić information content (AvgIpc) is 2.78. The van der Waals surface area contributed by atoms with Crippen molar-refractivity contribution in [1.82, 2.24) is 4.90 Å². The topological polar surface area (TPSA) is 82.9 Å². The molecule has 0 aliphatic carbocycles. The number of nitriles is 1. The average molecular weight is 496 g/mol. The Labute approximate surface area is 206 Å². The molecule has 2 aromatic rings. The number of ether oxygens (including phenoxy) is 2. The number of para-hydroxylation sites is 2. The van der Waals surface area contributed by atoms with E-state index < -0.39 is 17.7 Å². The molecule has 2 heterocycles. The van der Waals surface area contributed by atoms with E-state index in [0.29, 0.717) is 27.7 Å². The Kier molecular flexibility index (Phi) is 6.13. The van der Waals surface area contributed by atoms with Crippen LogP contribution in [-0.2, 0) is 14.3 Å². The SMILES string of the molecule is C=C1OC2=C(C(=O)N1c1ccccc1OC)C(c1ccc(Cl)cc1Cl)C(C#N)=C(C)N2C(C)=O. The fourth-order valence-electron chi connectivity index (χ4n) is 4.21. The highest BCUT2D eigenvalue weighted by atomic mass is 35.5. The van der Waals surface area contributed by atoms with Crippen LogP contribution in [0.1, 0.15) is 25.3 Å². The lowest BCUT2D eigenvalue weighted by Crippen LogP contribution is -2.45. The molecule has 2 aliphatic rings. The summed E-state index contributed by atoms with van der Waals surface area (Å²) in [5.74, 6) is -1.48. The molecule has 0 aromatic heterocycles. The quantitative estimate of drug-likeness (QED) is 0.561. The third-order valence-corrected chi connectivity index (χ3v) is 6.23. The molecule has 7 nitrogen and oxygen atoms in total. The molecule has 2 aliphatic heterocycles. The molecule has 0 fully saturated rings. The van der Waals surface area contributed by atoms with E-state index in [2.05, 4.69) is 12.6 Å². The molecule has 0 bridgehead atoms. The van der Waals surface area contributed by atoms with Crippen LogP contribution in [0.5, 0.6) is 5.75 Å². The molecular weight excluding hydrogens is 477 g/mol. The lowest BCUT2D eigenvalue weighted by Gasteiger charge is -2.41. The summed E-state index contributed by atoms with van der Waals surface area (Å²) in [6, 6.07) is 13.8. The summed E-state index contributed by atoms with van der Waals surface area (Å²) in [5, 5.41) is 10.8. The number of anilines is 1. The number of rotatable bonds is 3. The highest BCUT2D eigenvalue weighted by Crippen LogP contribution is 2.48. The predicted molar refractivity (Wildman–Crippen MR) is 128 cm³/mol. The summed E-state index contributed by atoms with van der Waals surface area (Å²) in [6.07, 6.45) is 0. The van der Waals surface area contributed by atoms with Gasteiger partial charge in [0.1, 0.15) is 5.75 Å². The minimum atomic E-state index is -0.904. The molecule has 9 heteroatoms. The van der Waals surface area contributed by atoms with Gasteiger partial charge < -0.3 is 9.47 Å². The monoisotopic (exact) mass is 495 g/mol. The van der Waals surface area contributed by atoms with Gasteiger partial charge in [0, 0.05) is 22.7 Å². The highest BCUT2D eigenvalue weighted by molar-refractivity contribution is 6.35. The zero-order valence-corrected chi connectivity index (χ0v) is 20.1. The Morgan fingerprint density at radius 2 is 1.94 bits per heavy atom. The molecule has 2 aromatic carbocycles. The molecule has 0 N–H and O–H groups in total. The minimum Gasteiger partial charge on any atom is -0.495 e. The first-order valence-electron chi connectivity index (χ1n) is 10.2. The van der Waals surface area contributed by atoms with Crippen molar-refractivity contribution in [3.8, 4) is 11.8 Å². The number of methoxy groups -OCH3 is 1. The van der Waals surface area contributed by atoms with E-state index in [1.54, 1.807) is 43.3 Å². The van der Waals surface area contributed by atoms with Crippen LogP contribution in [0.25, 0.3) is 0 Å². The fourth-order valence-corrected chi connectivity index (χ4v) is 4.72. The van der Waals surface area contributed by atoms with E-state index in [-0.39, 0.29) is 27.9 Å². The standard InChI is InChI=1S/C25H19Cl2N3O4/c1-13-18(12-28)22(17-10-9-16(26)11-19(17)27)23-24(32)30(20-7-5-6-8-21(20)33-4)15(3)34-25(23)29(13)14(2)31/h5-11,22H,3H2,1-2,4H3. The molecule has 34 heavy (non-hydrogen) atoms. The summed E-state index contributed by atoms with van der Waals surface area (Å²) in [4.78, 5) is 29.1. The minimum absolute atomic E-state index is 0.0128. The molecule has 172 valence electrons. The van der Waals surface area contributed by atoms with Gasteiger partial charge in [-0.3, -0.25) is 14.5 Å². The zero-order valence-electron chi connectivity index (χ0n) is 18.6. The number of allylic oxidation sites excluding steroid dienone is 2. The molecule has 1 unspecified atom stereocenters. The summed E-state index contributed by atoms with van der Waals surface area (Å²) < 4.78 is 11.4. The van der Waals surface area contributed by atoms with E-state index in [4.69, 9.17) is 32.7 Å². The van der Waals surface area contributed by atoms with Crippen molar-refractivity contribution in [2.75, 3.05) is 12.0 Å². The number of amides is 2. The normalized spacial score (nSPS) is 17.9. The zero-order chi connectivity index (χ0) is 24.7. The Hall–Kier alpha value is -3.73. The van der Waals surface area contributed by atoms with Gasteiger partial charge in [-0.2, -0.15) is 5.26 Å². The first-order valence-corrected chi connectivity index (χ1v) is 10.9. The number of nitrogens with zero attached hydrogens (tertiary/aromatic N) is 3. The first kappa shape index (κ1) is 23.4. The van der Waals surface area contributed by atoms with Crippen LogP contribution < -0.4 is 9.64 Å². The Morgan fingerprint density at radius 3 is 2.56 bits per heavy atom. The van der Waals surface area contributed by atoms with Crippen LogP contribution in [0.4, 0.5) is 5.69 Å². The van der Waals surface area contributed by atoms with E-state index in [1.165, 1.54) is 29.9 Å². The summed E-state index contributed by atoms with van der Waals surface area (Å²) in [7, 11) is 1.48. The van der Waals surface area contributed by atoms with Crippen molar-refractivity contribution < 1.29 is 19.1 Å². The number of benzene rings is 2. The molecule has 1 atom stereocenters. The van der Waals surface area contributed by atoms with E-state index in [0.717, 1.165) is 0 Å². The second-order valence-electron chi connectivity index (χ2n) is 7.59. The number of halogens is 2. The number of hydrogen-bond donors (Lipinski definition) is 0. The van der Waals surface area contributed by atoms with Gasteiger partial charge in [0.25, 0.3) is 5.91 Å². The van der Waals surface area contributed by atoms with Crippen LogP contribution in [-0.4, -0.2) is 23.8 Å². The Balaban J connectivity index is 2.01. The second-order valence-corrected chi connectivity index (χ2v) is 8.43. The van der Waals surface area contributed by atoms with Crippen molar-refractivity contribution in [3.63, 3.8) is 0 Å². The fraction of sp³-hybridized carbons (Fsp3) is 0.160. The van der Waals surface area contributed by atoms with Crippen LogP contribution in [0.2, 0.25) is 10.0 Å². The molecule has 0 saturated carbocycles. The van der Waals surface area contributed by atoms with Crippen molar-refractivity contribution in [2.24, 2.45) is 0 Å². The van der Waals surface area contributed by atoms with Gasteiger partial charge in [0.15, 0.2) is 0 Å². The summed E-state index contributed by atoms with van der Waals surface area (Å²) in [5.41, 5.74) is 1.45. The van der Waals surface area contributed by atoms with Gasteiger partial charge in [-0.25, -0.2) is 4.90 Å². The van der Waals surface area contributed by atoms with Crippen molar-refractivity contribution >= 4 is 40.7 Å². The molecule has 4 rings (SSSR count). The van der Waals surface area contributed by atoms with Crippen LogP contribution >= 0.6 is 23.2 Å². The number of hydrogen-bond acceptors (Lipinski definition) is 5. The maximum absolute atomic E-state index is 14.1. The number of carbonyl (C=O) groups is 2. The largest absolute Gasteiger partial charge is 0.495 e. The van der Waals surface area contributed by atoms with Crippen molar-refractivity contribution in [2.45, 2.75) is 19.8 Å². The van der Waals surface area contributed by atoms with Gasteiger partial charge >= 0.3 is 0 Å². The smallest absolute Gasteiger partial charge is 0.267 e. The van der Waals surface area contributed by atoms with Crippen LogP contribution in [0, 0.1) is 11.3 Å². The van der Waals surface area contributed by atoms with Gasteiger partial charge in [-0.15, -0.1) is 0 Å². The van der Waals surface area contributed by atoms with Crippen molar-refractivity contribution in [3.05, 3.63) is 93.3 Å². The van der Waals surface area contributed by atoms with E-state index in [1.807, 2.05) is 0 Å². The summed E-state index contributed by atoms with van der Waals surface area (Å²) in [6.45, 7) is 6.84. The van der Waals surface area contributed by atoms with Gasteiger partial charge in [-0.05, 0) is 43.3 Å². The Morgan fingerprint density at radius 1 is 1.24 bits per heavy atom. The second kappa shape index (κ2) is 8.90. The summed E-state index contributed by atoms with van der Waals surface area (Å²) >= 11 is 12.6. The lowest BCUT2D eigenvalue weighted by atomic mass is 9.80. The highest BCUT2D eigenvalue weighted by Gasteiger charge is 2.47. The Bertz CT molecular complexity index is 1360. The first-order chi connectivity index (χ1) is 16.2. The van der Waals surface area contributed by atoms with Gasteiger partial charge in [0.05, 0.1) is 35.9 Å². The maximum Gasteiger partial charge on any atom is 0.267 e. The third kappa shape index (κ3) is 3.61. The molecule has 0 saturated heterocycles. The van der Waals surface area contributed by atoms with E-state index in [9.17, 15) is 14.9 Å². The molecule has 0 spiro atoms. The van der Waals surface area contributed by atoms with Crippen molar-refractivity contribution in [1.29, 1.82) is 5.26 Å². The third-order valence-electron chi connectivity index (χ3n) is 5.67. The maximum atomic E-state index is 14.1. The lowest BCUT2D eigenvalue weighted by molar-refractivity contribution is -0.128. The molecule has 2 amide bonds. The predicted octanol–water partition coefficient (Wildman–Crippen LogP) is 5.49. The van der Waals surface area contributed by atoms with E-state index >= 15 is 0 Å².